The zero-order valence-electron chi connectivity index (χ0n) is 18.4. The van der Waals surface area contributed by atoms with E-state index < -0.39 is 5.91 Å². The summed E-state index contributed by atoms with van der Waals surface area (Å²) in [6.45, 7) is 4.12. The van der Waals surface area contributed by atoms with Gasteiger partial charge in [0.15, 0.2) is 6.61 Å². The highest BCUT2D eigenvalue weighted by molar-refractivity contribution is 6.32. The van der Waals surface area contributed by atoms with Crippen LogP contribution >= 0.6 is 11.6 Å². The van der Waals surface area contributed by atoms with Gasteiger partial charge in [-0.3, -0.25) is 4.79 Å². The van der Waals surface area contributed by atoms with E-state index in [4.69, 9.17) is 16.3 Å². The highest BCUT2D eigenvalue weighted by atomic mass is 35.5. The average Bonchev–Trinajstić information content (AvgIpc) is 2.83. The quantitative estimate of drug-likeness (QED) is 0.215. The second kappa shape index (κ2) is 11.8. The van der Waals surface area contributed by atoms with E-state index in [2.05, 4.69) is 34.6 Å². The third-order valence-electron chi connectivity index (χ3n) is 4.96. The fourth-order valence-corrected chi connectivity index (χ4v) is 3.01. The van der Waals surface area contributed by atoms with Gasteiger partial charge < -0.3 is 9.84 Å². The number of rotatable bonds is 9. The average molecular weight is 465 g/mol. The molecule has 1 amide bonds. The summed E-state index contributed by atoms with van der Waals surface area (Å²) in [6, 6.07) is 19.4. The van der Waals surface area contributed by atoms with Crippen molar-refractivity contribution in [3.8, 4) is 11.5 Å². The van der Waals surface area contributed by atoms with Gasteiger partial charge in [0.05, 0.1) is 16.9 Å². The molecule has 0 saturated carbocycles. The smallest absolute Gasteiger partial charge is 0.277 e. The van der Waals surface area contributed by atoms with Crippen LogP contribution in [0.3, 0.4) is 0 Å². The molecule has 0 heterocycles. The van der Waals surface area contributed by atoms with Crippen molar-refractivity contribution in [1.29, 1.82) is 0 Å². The second-order valence-electron chi connectivity index (χ2n) is 7.35. The normalized spacial score (nSPS) is 12.2. The molecule has 0 fully saturated rings. The number of phenols is 1. The van der Waals surface area contributed by atoms with Crippen LogP contribution in [0.25, 0.3) is 0 Å². The Balaban J connectivity index is 1.54. The largest absolute Gasteiger partial charge is 0.507 e. The van der Waals surface area contributed by atoms with Gasteiger partial charge >= 0.3 is 0 Å². The molecular formula is C25H25ClN4O3. The third-order valence-corrected chi connectivity index (χ3v) is 5.28. The van der Waals surface area contributed by atoms with Gasteiger partial charge in [-0.1, -0.05) is 49.7 Å². The van der Waals surface area contributed by atoms with E-state index in [1.54, 1.807) is 30.3 Å². The van der Waals surface area contributed by atoms with E-state index in [0.717, 1.165) is 6.42 Å². The molecule has 7 nitrogen and oxygen atoms in total. The number of benzene rings is 3. The lowest BCUT2D eigenvalue weighted by atomic mass is 9.99. The number of azo groups is 1. The number of amides is 1. The lowest BCUT2D eigenvalue weighted by Crippen LogP contribution is -2.24. The molecule has 0 aliphatic rings. The molecule has 0 radical (unpaired) electrons. The molecule has 0 aliphatic heterocycles. The van der Waals surface area contributed by atoms with Crippen molar-refractivity contribution in [2.45, 2.75) is 26.2 Å². The summed E-state index contributed by atoms with van der Waals surface area (Å²) in [4.78, 5) is 12.0. The first kappa shape index (κ1) is 23.9. The van der Waals surface area contributed by atoms with Gasteiger partial charge in [-0.2, -0.15) is 10.2 Å². The van der Waals surface area contributed by atoms with E-state index in [0.29, 0.717) is 33.6 Å². The SMILES string of the molecule is CCC(C)c1ccc(OCC(=O)NN=Cc2cc(N=Nc3ccccc3Cl)ccc2O)cc1. The lowest BCUT2D eigenvalue weighted by Gasteiger charge is -2.10. The minimum atomic E-state index is -0.425. The molecule has 3 aromatic carbocycles. The summed E-state index contributed by atoms with van der Waals surface area (Å²) in [5.74, 6) is 0.647. The number of nitrogens with one attached hydrogen (secondary N) is 1. The number of hydrogen-bond acceptors (Lipinski definition) is 6. The summed E-state index contributed by atoms with van der Waals surface area (Å²) in [5.41, 5.74) is 4.99. The second-order valence-corrected chi connectivity index (χ2v) is 7.76. The summed E-state index contributed by atoms with van der Waals surface area (Å²) in [6.07, 6.45) is 2.38. The van der Waals surface area contributed by atoms with Gasteiger partial charge in [-0.05, 0) is 60.4 Å². The summed E-state index contributed by atoms with van der Waals surface area (Å²) < 4.78 is 5.49. The van der Waals surface area contributed by atoms with E-state index in [1.807, 2.05) is 30.3 Å². The molecule has 170 valence electrons. The van der Waals surface area contributed by atoms with E-state index in [-0.39, 0.29) is 12.4 Å². The molecule has 1 unspecified atom stereocenters. The highest BCUT2D eigenvalue weighted by Gasteiger charge is 2.06. The number of halogens is 1. The Kier molecular flexibility index (Phi) is 8.55. The fourth-order valence-electron chi connectivity index (χ4n) is 2.84. The first-order valence-electron chi connectivity index (χ1n) is 10.5. The van der Waals surface area contributed by atoms with Gasteiger partial charge in [0.25, 0.3) is 5.91 Å². The van der Waals surface area contributed by atoms with Crippen LogP contribution in [0, 0.1) is 0 Å². The number of hydrogen-bond donors (Lipinski definition) is 2. The molecule has 0 aromatic heterocycles. The van der Waals surface area contributed by atoms with Crippen LogP contribution in [0.2, 0.25) is 5.02 Å². The molecule has 1 atom stereocenters. The van der Waals surface area contributed by atoms with Crippen molar-refractivity contribution in [1.82, 2.24) is 5.43 Å². The van der Waals surface area contributed by atoms with Crippen molar-refractivity contribution in [3.05, 3.63) is 82.9 Å². The number of carbonyl (C=O) groups excluding carboxylic acids is 1. The zero-order valence-corrected chi connectivity index (χ0v) is 19.2. The van der Waals surface area contributed by atoms with Crippen molar-refractivity contribution in [2.75, 3.05) is 6.61 Å². The van der Waals surface area contributed by atoms with Gasteiger partial charge in [0.2, 0.25) is 0 Å². The highest BCUT2D eigenvalue weighted by Crippen LogP contribution is 2.28. The van der Waals surface area contributed by atoms with Crippen molar-refractivity contribution in [2.24, 2.45) is 15.3 Å². The fraction of sp³-hybridized carbons (Fsp3) is 0.200. The van der Waals surface area contributed by atoms with Gasteiger partial charge in [-0.15, -0.1) is 5.11 Å². The van der Waals surface area contributed by atoms with Crippen LogP contribution in [-0.2, 0) is 4.79 Å². The maximum atomic E-state index is 12.0. The molecule has 33 heavy (non-hydrogen) atoms. The monoisotopic (exact) mass is 464 g/mol. The minimum absolute atomic E-state index is 0.0117. The maximum Gasteiger partial charge on any atom is 0.277 e. The van der Waals surface area contributed by atoms with Crippen molar-refractivity contribution >= 4 is 35.1 Å². The number of aromatic hydroxyl groups is 1. The number of hydrazone groups is 1. The zero-order chi connectivity index (χ0) is 23.6. The molecule has 2 N–H and O–H groups in total. The van der Waals surface area contributed by atoms with E-state index >= 15 is 0 Å². The summed E-state index contributed by atoms with van der Waals surface area (Å²) in [5, 5.41) is 22.6. The molecule has 0 aliphatic carbocycles. The van der Waals surface area contributed by atoms with Gasteiger partial charge in [0.1, 0.15) is 17.2 Å². The maximum absolute atomic E-state index is 12.0. The van der Waals surface area contributed by atoms with E-state index in [1.165, 1.54) is 17.8 Å². The van der Waals surface area contributed by atoms with Crippen LogP contribution in [0.4, 0.5) is 11.4 Å². The van der Waals surface area contributed by atoms with Gasteiger partial charge in [-0.25, -0.2) is 5.43 Å². The van der Waals surface area contributed by atoms with Crippen LogP contribution in [0.15, 0.2) is 82.1 Å². The lowest BCUT2D eigenvalue weighted by molar-refractivity contribution is -0.123. The Bertz CT molecular complexity index is 1150. The number of ether oxygens (including phenoxy) is 1. The molecular weight excluding hydrogens is 440 g/mol. The number of carbonyl (C=O) groups is 1. The molecule has 0 bridgehead atoms. The number of phenolic OH excluding ortho intramolecular Hbond substituents is 1. The predicted octanol–water partition coefficient (Wildman–Crippen LogP) is 6.50. The van der Waals surface area contributed by atoms with Crippen LogP contribution < -0.4 is 10.2 Å². The van der Waals surface area contributed by atoms with Crippen molar-refractivity contribution in [3.63, 3.8) is 0 Å². The standard InChI is InChI=1S/C25H25ClN4O3/c1-3-17(2)18-8-11-21(12-9-18)33-16-25(32)30-27-15-19-14-20(10-13-24(19)31)28-29-23-7-5-4-6-22(23)26/h4-15,17,31H,3,16H2,1-2H3,(H,30,32). The van der Waals surface area contributed by atoms with Crippen LogP contribution in [0.1, 0.15) is 37.3 Å². The first-order valence-corrected chi connectivity index (χ1v) is 10.9. The molecule has 0 saturated heterocycles. The molecule has 0 spiro atoms. The summed E-state index contributed by atoms with van der Waals surface area (Å²) in [7, 11) is 0. The minimum Gasteiger partial charge on any atom is -0.507 e. The van der Waals surface area contributed by atoms with Gasteiger partial charge in [0, 0.05) is 5.56 Å². The van der Waals surface area contributed by atoms with E-state index in [9.17, 15) is 9.90 Å². The predicted molar refractivity (Wildman–Crippen MR) is 130 cm³/mol. The topological polar surface area (TPSA) is 95.6 Å². The first-order chi connectivity index (χ1) is 16.0. The summed E-state index contributed by atoms with van der Waals surface area (Å²) >= 11 is 6.07. The van der Waals surface area contributed by atoms with Crippen LogP contribution in [0.5, 0.6) is 11.5 Å². The van der Waals surface area contributed by atoms with Crippen LogP contribution in [-0.4, -0.2) is 23.8 Å². The molecule has 8 heteroatoms. The van der Waals surface area contributed by atoms with Crippen molar-refractivity contribution < 1.29 is 14.6 Å². The Hall–Kier alpha value is -3.71. The number of nitrogens with zero attached hydrogens (tertiary/aromatic N) is 3. The Labute approximate surface area is 197 Å². The Morgan fingerprint density at radius 2 is 1.88 bits per heavy atom. The Morgan fingerprint density at radius 3 is 2.61 bits per heavy atom. The molecule has 3 aromatic rings. The Morgan fingerprint density at radius 1 is 1.12 bits per heavy atom. The third kappa shape index (κ3) is 7.15. The molecule has 3 rings (SSSR count).